The van der Waals surface area contributed by atoms with Crippen LogP contribution in [0.2, 0.25) is 0 Å². The fourth-order valence-corrected chi connectivity index (χ4v) is 2.16. The molecule has 0 saturated carbocycles. The first-order valence-corrected chi connectivity index (χ1v) is 5.84. The maximum atomic E-state index is 13.6. The number of carbonyl (C=O) groups is 1. The number of aromatic nitrogens is 2. The van der Waals surface area contributed by atoms with Crippen LogP contribution in [0.1, 0.15) is 10.4 Å². The van der Waals surface area contributed by atoms with Gasteiger partial charge in [0.05, 0.1) is 16.8 Å². The number of carboxylic acid groups (broad SMARTS) is 1. The van der Waals surface area contributed by atoms with Gasteiger partial charge in [-0.1, -0.05) is 11.8 Å². The second-order valence-electron chi connectivity index (χ2n) is 3.50. The van der Waals surface area contributed by atoms with E-state index in [2.05, 4.69) is 9.97 Å². The third-order valence-electron chi connectivity index (χ3n) is 2.24. The Hall–Kier alpha value is -2.35. The van der Waals surface area contributed by atoms with Crippen LogP contribution in [0.4, 0.5) is 10.1 Å². The smallest absolute Gasteiger partial charge is 0.335 e. The van der Waals surface area contributed by atoms with E-state index in [1.165, 1.54) is 0 Å². The van der Waals surface area contributed by atoms with Gasteiger partial charge in [0.1, 0.15) is 16.5 Å². The molecule has 0 bridgehead atoms. The number of halogens is 1. The molecule has 6 nitrogen and oxygen atoms in total. The van der Waals surface area contributed by atoms with Crippen LogP contribution in [0.5, 0.6) is 0 Å². The van der Waals surface area contributed by atoms with Gasteiger partial charge < -0.3 is 15.8 Å². The molecule has 0 radical (unpaired) electrons. The minimum atomic E-state index is -1.17. The van der Waals surface area contributed by atoms with Crippen LogP contribution < -0.4 is 11.3 Å². The van der Waals surface area contributed by atoms with E-state index in [0.717, 1.165) is 36.3 Å². The van der Waals surface area contributed by atoms with E-state index >= 15 is 0 Å². The van der Waals surface area contributed by atoms with E-state index < -0.39 is 17.3 Å². The van der Waals surface area contributed by atoms with Crippen molar-refractivity contribution in [3.05, 3.63) is 46.3 Å². The molecule has 98 valence electrons. The number of hydrogen-bond donors (Lipinski definition) is 3. The number of aromatic amines is 1. The Labute approximate surface area is 110 Å². The molecule has 0 aliphatic carbocycles. The second-order valence-corrected chi connectivity index (χ2v) is 4.53. The third-order valence-corrected chi connectivity index (χ3v) is 3.29. The Morgan fingerprint density at radius 1 is 1.47 bits per heavy atom. The van der Waals surface area contributed by atoms with Crippen LogP contribution in [-0.2, 0) is 0 Å². The molecule has 0 atom stereocenters. The van der Waals surface area contributed by atoms with Gasteiger partial charge in [-0.05, 0) is 18.2 Å². The van der Waals surface area contributed by atoms with Crippen molar-refractivity contribution in [2.45, 2.75) is 9.92 Å². The van der Waals surface area contributed by atoms with Gasteiger partial charge in [-0.25, -0.2) is 14.2 Å². The van der Waals surface area contributed by atoms with Gasteiger partial charge in [-0.3, -0.25) is 4.79 Å². The summed E-state index contributed by atoms with van der Waals surface area (Å²) in [6.07, 6.45) is 1.14. The normalized spacial score (nSPS) is 10.4. The van der Waals surface area contributed by atoms with Crippen molar-refractivity contribution < 1.29 is 14.3 Å². The predicted molar refractivity (Wildman–Crippen MR) is 66.8 cm³/mol. The van der Waals surface area contributed by atoms with Crippen molar-refractivity contribution in [3.63, 3.8) is 0 Å². The van der Waals surface area contributed by atoms with Crippen molar-refractivity contribution in [1.82, 2.24) is 9.97 Å². The monoisotopic (exact) mass is 281 g/mol. The van der Waals surface area contributed by atoms with E-state index in [1.54, 1.807) is 0 Å². The second kappa shape index (κ2) is 5.11. The number of anilines is 1. The van der Waals surface area contributed by atoms with E-state index in [0.29, 0.717) is 0 Å². The number of nitrogens with zero attached hydrogens (tertiary/aromatic N) is 1. The van der Waals surface area contributed by atoms with Gasteiger partial charge in [0, 0.05) is 0 Å². The lowest BCUT2D eigenvalue weighted by atomic mass is 10.2. The number of hydrogen-bond acceptors (Lipinski definition) is 5. The van der Waals surface area contributed by atoms with Gasteiger partial charge >= 0.3 is 5.97 Å². The summed E-state index contributed by atoms with van der Waals surface area (Å²) in [5, 5.41) is 8.95. The standard InChI is InChI=1S/C11H8FN3O3S/c12-6-2-1-5(11(17)18)3-7(6)19-10-8(13)9(16)14-4-15-10/h1-4H,13H2,(H,17,18)(H,14,15,16). The summed E-state index contributed by atoms with van der Waals surface area (Å²) in [7, 11) is 0. The van der Waals surface area contributed by atoms with Crippen LogP contribution in [0, 0.1) is 5.82 Å². The minimum Gasteiger partial charge on any atom is -0.478 e. The predicted octanol–water partition coefficient (Wildman–Crippen LogP) is 1.34. The summed E-state index contributed by atoms with van der Waals surface area (Å²) in [5.41, 5.74) is 4.77. The zero-order valence-electron chi connectivity index (χ0n) is 9.38. The van der Waals surface area contributed by atoms with Gasteiger partial charge in [-0.15, -0.1) is 0 Å². The topological polar surface area (TPSA) is 109 Å². The van der Waals surface area contributed by atoms with Gasteiger partial charge in [-0.2, -0.15) is 0 Å². The van der Waals surface area contributed by atoms with E-state index in [-0.39, 0.29) is 21.2 Å². The minimum absolute atomic E-state index is 0.0321. The maximum absolute atomic E-state index is 13.6. The number of aromatic carboxylic acids is 1. The molecule has 4 N–H and O–H groups in total. The number of carboxylic acids is 1. The lowest BCUT2D eigenvalue weighted by Crippen LogP contribution is -2.13. The molecule has 0 amide bonds. The summed E-state index contributed by atoms with van der Waals surface area (Å²) in [4.78, 5) is 28.2. The largest absolute Gasteiger partial charge is 0.478 e. The van der Waals surface area contributed by atoms with Crippen LogP contribution >= 0.6 is 11.8 Å². The molecule has 0 aliphatic rings. The summed E-state index contributed by atoms with van der Waals surface area (Å²) in [6.45, 7) is 0. The lowest BCUT2D eigenvalue weighted by molar-refractivity contribution is 0.0696. The van der Waals surface area contributed by atoms with E-state index in [1.807, 2.05) is 0 Å². The summed E-state index contributed by atoms with van der Waals surface area (Å²) >= 11 is 0.792. The molecule has 1 aromatic heterocycles. The fraction of sp³-hybridized carbons (Fsp3) is 0. The third kappa shape index (κ3) is 2.74. The summed E-state index contributed by atoms with van der Waals surface area (Å²) in [5.74, 6) is -1.79. The molecule has 8 heteroatoms. The number of H-pyrrole nitrogens is 1. The van der Waals surface area contributed by atoms with Crippen molar-refractivity contribution in [1.29, 1.82) is 0 Å². The molecule has 2 rings (SSSR count). The Morgan fingerprint density at radius 3 is 2.89 bits per heavy atom. The highest BCUT2D eigenvalue weighted by molar-refractivity contribution is 7.99. The Kier molecular flexibility index (Phi) is 3.52. The molecular formula is C11H8FN3O3S. The van der Waals surface area contributed by atoms with E-state index in [4.69, 9.17) is 10.8 Å². The number of nitrogen functional groups attached to an aromatic ring is 1. The van der Waals surface area contributed by atoms with Crippen LogP contribution in [0.15, 0.2) is 39.2 Å². The SMILES string of the molecule is Nc1c(Sc2cc(C(=O)O)ccc2F)nc[nH]c1=O. The quantitative estimate of drug-likeness (QED) is 0.732. The van der Waals surface area contributed by atoms with Gasteiger partial charge in [0.25, 0.3) is 5.56 Å². The first kappa shape index (κ1) is 13.1. The van der Waals surface area contributed by atoms with Crippen LogP contribution in [0.3, 0.4) is 0 Å². The molecule has 0 saturated heterocycles. The van der Waals surface area contributed by atoms with E-state index in [9.17, 15) is 14.0 Å². The highest BCUT2D eigenvalue weighted by atomic mass is 32.2. The van der Waals surface area contributed by atoms with Crippen LogP contribution in [-0.4, -0.2) is 21.0 Å². The number of nitrogens with two attached hydrogens (primary N) is 1. The van der Waals surface area contributed by atoms with Crippen LogP contribution in [0.25, 0.3) is 0 Å². The summed E-state index contributed by atoms with van der Waals surface area (Å²) in [6, 6.07) is 3.34. The zero-order valence-corrected chi connectivity index (χ0v) is 10.2. The van der Waals surface area contributed by atoms with Gasteiger partial charge in [0.2, 0.25) is 0 Å². The van der Waals surface area contributed by atoms with Crippen molar-refractivity contribution >= 4 is 23.4 Å². The highest BCUT2D eigenvalue weighted by Gasteiger charge is 2.13. The molecule has 1 aromatic carbocycles. The average molecular weight is 281 g/mol. The maximum Gasteiger partial charge on any atom is 0.335 e. The Balaban J connectivity index is 2.43. The van der Waals surface area contributed by atoms with Crippen molar-refractivity contribution in [2.75, 3.05) is 5.73 Å². The average Bonchev–Trinajstić information content (AvgIpc) is 2.37. The molecule has 0 spiro atoms. The highest BCUT2D eigenvalue weighted by Crippen LogP contribution is 2.31. The molecule has 19 heavy (non-hydrogen) atoms. The van der Waals surface area contributed by atoms with Gasteiger partial charge in [0.15, 0.2) is 0 Å². The Morgan fingerprint density at radius 2 is 2.21 bits per heavy atom. The van der Waals surface area contributed by atoms with Crippen molar-refractivity contribution in [2.24, 2.45) is 0 Å². The molecule has 0 fully saturated rings. The first-order valence-electron chi connectivity index (χ1n) is 5.03. The fourth-order valence-electron chi connectivity index (χ4n) is 1.29. The Bertz CT molecular complexity index is 702. The number of rotatable bonds is 3. The number of benzene rings is 1. The molecule has 1 heterocycles. The molecule has 2 aromatic rings. The molecule has 0 aliphatic heterocycles. The first-order chi connectivity index (χ1) is 8.99. The molecular weight excluding hydrogens is 273 g/mol. The summed E-state index contributed by atoms with van der Waals surface area (Å²) < 4.78 is 13.6. The lowest BCUT2D eigenvalue weighted by Gasteiger charge is -2.05. The van der Waals surface area contributed by atoms with Crippen molar-refractivity contribution in [3.8, 4) is 0 Å². The number of nitrogens with one attached hydrogen (secondary N) is 1. The zero-order chi connectivity index (χ0) is 14.0. The molecule has 0 unspecified atom stereocenters.